The molecule has 1 aliphatic carbocycles. The van der Waals surface area contributed by atoms with Crippen molar-refractivity contribution in [3.8, 4) is 0 Å². The SMILES string of the molecule is CNC(Cc1nc(C)c(C)s1)CC1CC1. The average Bonchev–Trinajstić information content (AvgIpc) is 2.94. The van der Waals surface area contributed by atoms with E-state index in [1.54, 1.807) is 0 Å². The molecule has 15 heavy (non-hydrogen) atoms. The first-order chi connectivity index (χ1) is 7.19. The Hall–Kier alpha value is -0.410. The smallest absolute Gasteiger partial charge is 0.0946 e. The maximum Gasteiger partial charge on any atom is 0.0946 e. The Balaban J connectivity index is 1.92. The Kier molecular flexibility index (Phi) is 3.42. The number of hydrogen-bond donors (Lipinski definition) is 1. The van der Waals surface area contributed by atoms with Gasteiger partial charge < -0.3 is 5.32 Å². The first-order valence-corrected chi connectivity index (χ1v) is 6.61. The predicted octanol–water partition coefficient (Wildman–Crippen LogP) is 2.69. The van der Waals surface area contributed by atoms with E-state index in [4.69, 9.17) is 0 Å². The molecule has 3 heteroatoms. The van der Waals surface area contributed by atoms with Crippen molar-refractivity contribution in [3.63, 3.8) is 0 Å². The molecule has 1 aromatic rings. The molecule has 0 aliphatic heterocycles. The summed E-state index contributed by atoms with van der Waals surface area (Å²) in [5.41, 5.74) is 1.20. The van der Waals surface area contributed by atoms with Gasteiger partial charge >= 0.3 is 0 Å². The average molecular weight is 224 g/mol. The summed E-state index contributed by atoms with van der Waals surface area (Å²) in [7, 11) is 2.07. The van der Waals surface area contributed by atoms with E-state index in [2.05, 4.69) is 31.2 Å². The van der Waals surface area contributed by atoms with Gasteiger partial charge in [0, 0.05) is 17.3 Å². The molecule has 0 spiro atoms. The molecule has 1 aliphatic rings. The maximum absolute atomic E-state index is 4.60. The van der Waals surface area contributed by atoms with Crippen molar-refractivity contribution in [2.75, 3.05) is 7.05 Å². The highest BCUT2D eigenvalue weighted by atomic mass is 32.1. The second-order valence-corrected chi connectivity index (χ2v) is 5.91. The number of aryl methyl sites for hydroxylation is 2. The van der Waals surface area contributed by atoms with Crippen molar-refractivity contribution in [2.45, 2.75) is 45.6 Å². The van der Waals surface area contributed by atoms with Gasteiger partial charge in [-0.2, -0.15) is 0 Å². The minimum atomic E-state index is 0.627. The molecule has 84 valence electrons. The molecule has 0 saturated heterocycles. The zero-order valence-corrected chi connectivity index (χ0v) is 10.7. The van der Waals surface area contributed by atoms with E-state index in [0.717, 1.165) is 12.3 Å². The molecular formula is C12H20N2S. The Morgan fingerprint density at radius 1 is 1.47 bits per heavy atom. The highest BCUT2D eigenvalue weighted by molar-refractivity contribution is 7.11. The van der Waals surface area contributed by atoms with Crippen molar-refractivity contribution in [1.29, 1.82) is 0 Å². The molecule has 2 rings (SSSR count). The summed E-state index contributed by atoms with van der Waals surface area (Å²) in [6.07, 6.45) is 5.31. The lowest BCUT2D eigenvalue weighted by Gasteiger charge is -2.13. The molecule has 0 aromatic carbocycles. The highest BCUT2D eigenvalue weighted by Crippen LogP contribution is 2.34. The monoisotopic (exact) mass is 224 g/mol. The van der Waals surface area contributed by atoms with Crippen LogP contribution in [-0.4, -0.2) is 18.1 Å². The second-order valence-electron chi connectivity index (χ2n) is 4.62. The fourth-order valence-corrected chi connectivity index (χ4v) is 2.91. The van der Waals surface area contributed by atoms with E-state index < -0.39 is 0 Å². The van der Waals surface area contributed by atoms with Crippen LogP contribution in [0.4, 0.5) is 0 Å². The number of aromatic nitrogens is 1. The third kappa shape index (κ3) is 3.02. The van der Waals surface area contributed by atoms with Gasteiger partial charge in [-0.25, -0.2) is 4.98 Å². The first-order valence-electron chi connectivity index (χ1n) is 5.79. The van der Waals surface area contributed by atoms with Gasteiger partial charge in [0.25, 0.3) is 0 Å². The van der Waals surface area contributed by atoms with Gasteiger partial charge in [0.15, 0.2) is 0 Å². The van der Waals surface area contributed by atoms with E-state index in [0.29, 0.717) is 6.04 Å². The predicted molar refractivity (Wildman–Crippen MR) is 65.5 cm³/mol. The van der Waals surface area contributed by atoms with Crippen LogP contribution in [0.1, 0.15) is 34.8 Å². The third-order valence-corrected chi connectivity index (χ3v) is 4.31. The molecule has 2 nitrogen and oxygen atoms in total. The van der Waals surface area contributed by atoms with Crippen molar-refractivity contribution in [1.82, 2.24) is 10.3 Å². The first kappa shape index (κ1) is 11.1. The van der Waals surface area contributed by atoms with Crippen LogP contribution >= 0.6 is 11.3 Å². The highest BCUT2D eigenvalue weighted by Gasteiger charge is 2.25. The zero-order valence-electron chi connectivity index (χ0n) is 9.84. The summed E-state index contributed by atoms with van der Waals surface area (Å²) in [6, 6.07) is 0.627. The molecule has 0 bridgehead atoms. The Bertz CT molecular complexity index is 309. The Morgan fingerprint density at radius 3 is 2.67 bits per heavy atom. The van der Waals surface area contributed by atoms with Gasteiger partial charge in [0.05, 0.1) is 10.7 Å². The molecule has 1 unspecified atom stereocenters. The van der Waals surface area contributed by atoms with Crippen molar-refractivity contribution < 1.29 is 0 Å². The van der Waals surface area contributed by atoms with Crippen LogP contribution < -0.4 is 5.32 Å². The third-order valence-electron chi connectivity index (χ3n) is 3.22. The van der Waals surface area contributed by atoms with Crippen LogP contribution in [0.5, 0.6) is 0 Å². The lowest BCUT2D eigenvalue weighted by atomic mass is 10.1. The van der Waals surface area contributed by atoms with E-state index in [9.17, 15) is 0 Å². The summed E-state index contributed by atoms with van der Waals surface area (Å²) >= 11 is 1.85. The maximum atomic E-state index is 4.60. The molecule has 1 aromatic heterocycles. The van der Waals surface area contributed by atoms with Crippen LogP contribution in [-0.2, 0) is 6.42 Å². The number of nitrogens with one attached hydrogen (secondary N) is 1. The molecule has 1 atom stereocenters. The number of thiazole rings is 1. The van der Waals surface area contributed by atoms with Crippen molar-refractivity contribution >= 4 is 11.3 Å². The number of rotatable bonds is 5. The van der Waals surface area contributed by atoms with E-state index in [1.165, 1.54) is 34.8 Å². The minimum Gasteiger partial charge on any atom is -0.317 e. The summed E-state index contributed by atoms with van der Waals surface area (Å²) in [4.78, 5) is 5.97. The summed E-state index contributed by atoms with van der Waals surface area (Å²) in [5.74, 6) is 0.990. The van der Waals surface area contributed by atoms with Crippen molar-refractivity contribution in [2.24, 2.45) is 5.92 Å². The zero-order chi connectivity index (χ0) is 10.8. The summed E-state index contributed by atoms with van der Waals surface area (Å²) in [5, 5.41) is 4.71. The van der Waals surface area contributed by atoms with Gasteiger partial charge in [-0.3, -0.25) is 0 Å². The van der Waals surface area contributed by atoms with Crippen LogP contribution in [0, 0.1) is 19.8 Å². The van der Waals surface area contributed by atoms with Gasteiger partial charge in [-0.1, -0.05) is 12.8 Å². The minimum absolute atomic E-state index is 0.627. The number of hydrogen-bond acceptors (Lipinski definition) is 3. The summed E-state index contributed by atoms with van der Waals surface area (Å²) < 4.78 is 0. The molecule has 1 N–H and O–H groups in total. The Labute approximate surface area is 96.1 Å². The second kappa shape index (κ2) is 4.62. The van der Waals surface area contributed by atoms with Gasteiger partial charge in [-0.05, 0) is 33.2 Å². The van der Waals surface area contributed by atoms with Crippen LogP contribution in [0.2, 0.25) is 0 Å². The van der Waals surface area contributed by atoms with Gasteiger partial charge in [0.1, 0.15) is 0 Å². The van der Waals surface area contributed by atoms with Gasteiger partial charge in [-0.15, -0.1) is 11.3 Å². The Morgan fingerprint density at radius 2 is 2.20 bits per heavy atom. The number of likely N-dealkylation sites (N-methyl/N-ethyl adjacent to an activating group) is 1. The fourth-order valence-electron chi connectivity index (χ4n) is 1.90. The molecule has 0 amide bonds. The largest absolute Gasteiger partial charge is 0.317 e. The molecular weight excluding hydrogens is 204 g/mol. The van der Waals surface area contributed by atoms with Crippen LogP contribution in [0.15, 0.2) is 0 Å². The standard InChI is InChI=1S/C12H20N2S/c1-8-9(2)15-12(14-8)7-11(13-3)6-10-4-5-10/h10-11,13H,4-7H2,1-3H3. The van der Waals surface area contributed by atoms with E-state index in [-0.39, 0.29) is 0 Å². The van der Waals surface area contributed by atoms with Gasteiger partial charge in [0.2, 0.25) is 0 Å². The summed E-state index contributed by atoms with van der Waals surface area (Å²) in [6.45, 7) is 4.26. The topological polar surface area (TPSA) is 24.9 Å². The van der Waals surface area contributed by atoms with E-state index >= 15 is 0 Å². The lowest BCUT2D eigenvalue weighted by molar-refractivity contribution is 0.489. The lowest BCUT2D eigenvalue weighted by Crippen LogP contribution is -2.28. The van der Waals surface area contributed by atoms with Crippen LogP contribution in [0.3, 0.4) is 0 Å². The van der Waals surface area contributed by atoms with E-state index in [1.807, 2.05) is 11.3 Å². The van der Waals surface area contributed by atoms with Crippen LogP contribution in [0.25, 0.3) is 0 Å². The molecule has 1 saturated carbocycles. The molecule has 0 radical (unpaired) electrons. The fraction of sp³-hybridized carbons (Fsp3) is 0.750. The normalized spacial score (nSPS) is 18.1. The molecule has 1 heterocycles. The number of nitrogens with zero attached hydrogens (tertiary/aromatic N) is 1. The van der Waals surface area contributed by atoms with Crippen molar-refractivity contribution in [3.05, 3.63) is 15.6 Å². The quantitative estimate of drug-likeness (QED) is 0.832. The molecule has 1 fully saturated rings.